The molecule has 2 fully saturated rings. The summed E-state index contributed by atoms with van der Waals surface area (Å²) in [4.78, 5) is 43.0. The molecule has 0 aromatic carbocycles. The van der Waals surface area contributed by atoms with E-state index in [-0.39, 0.29) is 28.6 Å². The number of hydrogen-bond donors (Lipinski definition) is 10. The first-order valence-corrected chi connectivity index (χ1v) is 13.8. The molecule has 1 unspecified atom stereocenters. The van der Waals surface area contributed by atoms with E-state index in [1.54, 1.807) is 0 Å². The second-order valence-corrected chi connectivity index (χ2v) is 10.6. The van der Waals surface area contributed by atoms with Gasteiger partial charge in [0.15, 0.2) is 40.5 Å². The number of phosphoric ester groups is 1. The highest BCUT2D eigenvalue weighted by molar-refractivity contribution is 7.46. The number of aliphatic hydroxyl groups excluding tert-OH is 5. The van der Waals surface area contributed by atoms with Crippen LogP contribution in [0.1, 0.15) is 18.2 Å². The summed E-state index contributed by atoms with van der Waals surface area (Å²) in [5.41, 5.74) is 12.1. The third kappa shape index (κ3) is 6.11. The van der Waals surface area contributed by atoms with Crippen molar-refractivity contribution in [3.8, 4) is 0 Å². The van der Waals surface area contributed by atoms with Gasteiger partial charge in [-0.1, -0.05) is 0 Å². The molecule has 23 heteroatoms. The highest BCUT2D eigenvalue weighted by Crippen LogP contribution is 2.39. The molecule has 6 rings (SSSR count). The maximum absolute atomic E-state index is 13.3. The van der Waals surface area contributed by atoms with E-state index in [1.165, 1.54) is 6.33 Å². The van der Waals surface area contributed by atoms with Crippen LogP contribution in [-0.2, 0) is 18.6 Å². The molecule has 2 aliphatic rings. The highest BCUT2D eigenvalue weighted by Gasteiger charge is 2.46. The number of nitrogens with zero attached hydrogens (tertiary/aromatic N) is 7. The number of H-pyrrole nitrogens is 1. The van der Waals surface area contributed by atoms with Crippen molar-refractivity contribution in [3.63, 3.8) is 0 Å². The molecule has 0 aliphatic carbocycles. The minimum absolute atomic E-state index is 0.0663. The summed E-state index contributed by atoms with van der Waals surface area (Å²) in [5, 5.41) is 48.6. The Labute approximate surface area is 238 Å². The fourth-order valence-corrected chi connectivity index (χ4v) is 4.82. The van der Waals surface area contributed by atoms with Crippen LogP contribution in [0.25, 0.3) is 22.3 Å². The van der Waals surface area contributed by atoms with Crippen LogP contribution in [0.5, 0.6) is 0 Å². The molecule has 0 saturated carbocycles. The first-order valence-electron chi connectivity index (χ1n) is 12.2. The van der Waals surface area contributed by atoms with Gasteiger partial charge in [0, 0.05) is 0 Å². The molecule has 234 valence electrons. The van der Waals surface area contributed by atoms with E-state index in [9.17, 15) is 29.4 Å². The number of rotatable bonds is 6. The molecular formula is C20H26FN10O11P. The molecule has 43 heavy (non-hydrogen) atoms. The summed E-state index contributed by atoms with van der Waals surface area (Å²) in [7, 11) is -4.78. The molecule has 8 atom stereocenters. The molecule has 4 aromatic rings. The molecular weight excluding hydrogens is 606 g/mol. The molecule has 2 saturated heterocycles. The zero-order chi connectivity index (χ0) is 31.2. The Morgan fingerprint density at radius 3 is 2.37 bits per heavy atom. The number of aromatic amines is 1. The number of hydrogen-bond acceptors (Lipinski definition) is 17. The minimum atomic E-state index is -4.78. The summed E-state index contributed by atoms with van der Waals surface area (Å²) in [5.74, 6) is 0.0838. The first-order chi connectivity index (χ1) is 20.3. The van der Waals surface area contributed by atoms with Crippen molar-refractivity contribution >= 4 is 41.8 Å². The standard InChI is InChI=1S/C10H13FN5O7P.C10H13N5O4/c11-10-14-7(12)4-8(15-10)16(2-13-4)9-6(18)5(17)3(23-9)1-22-24(19,20)21;11-8-4-9(13-2-12-4)15-10(14-8)7-6(18)5(17)3(1-16)19-7/h2-3,5-6,9,17-18H,1H2,(H2,12,14,15)(H2,19,20,21);2-3,5-7,16-18H,1H2,(H3,11,12,13,14,15)/t3-,5-,6+,9-;3-,5-,6+,7?/m11/s1. The summed E-state index contributed by atoms with van der Waals surface area (Å²) in [6, 6.07) is 0. The van der Waals surface area contributed by atoms with Crippen molar-refractivity contribution in [1.82, 2.24) is 39.5 Å². The van der Waals surface area contributed by atoms with Gasteiger partial charge in [0.2, 0.25) is 0 Å². The normalized spacial score (nSPS) is 29.3. The maximum atomic E-state index is 13.3. The van der Waals surface area contributed by atoms with Crippen LogP contribution in [0, 0.1) is 6.08 Å². The van der Waals surface area contributed by atoms with Crippen molar-refractivity contribution in [1.29, 1.82) is 0 Å². The van der Waals surface area contributed by atoms with E-state index in [0.29, 0.717) is 11.2 Å². The van der Waals surface area contributed by atoms with Crippen LogP contribution in [0.2, 0.25) is 0 Å². The number of nitrogen functional groups attached to an aromatic ring is 2. The Balaban J connectivity index is 0.000000176. The lowest BCUT2D eigenvalue weighted by Gasteiger charge is -2.16. The Morgan fingerprint density at radius 2 is 1.70 bits per heavy atom. The average molecular weight is 632 g/mol. The van der Waals surface area contributed by atoms with Gasteiger partial charge in [-0.05, 0) is 0 Å². The van der Waals surface area contributed by atoms with Gasteiger partial charge in [-0.15, -0.1) is 0 Å². The summed E-state index contributed by atoms with van der Waals surface area (Å²) in [6.45, 7) is -1.08. The van der Waals surface area contributed by atoms with Gasteiger partial charge in [0.05, 0.1) is 25.9 Å². The number of phosphoric acid groups is 1. The van der Waals surface area contributed by atoms with E-state index in [2.05, 4.69) is 39.4 Å². The quantitative estimate of drug-likeness (QED) is 0.0723. The van der Waals surface area contributed by atoms with Crippen LogP contribution in [-0.4, -0.2) is 125 Å². The zero-order valence-electron chi connectivity index (χ0n) is 21.6. The maximum Gasteiger partial charge on any atom is 0.469 e. The summed E-state index contributed by atoms with van der Waals surface area (Å²) < 4.78 is 40.1. The van der Waals surface area contributed by atoms with E-state index in [1.807, 2.05) is 0 Å². The van der Waals surface area contributed by atoms with Crippen molar-refractivity contribution < 1.29 is 58.3 Å². The molecule has 2 aliphatic heterocycles. The van der Waals surface area contributed by atoms with E-state index in [0.717, 1.165) is 10.9 Å². The Bertz CT molecular complexity index is 1650. The van der Waals surface area contributed by atoms with Crippen LogP contribution in [0.4, 0.5) is 16.0 Å². The van der Waals surface area contributed by atoms with Gasteiger partial charge >= 0.3 is 13.9 Å². The van der Waals surface area contributed by atoms with Crippen LogP contribution in [0.3, 0.4) is 0 Å². The van der Waals surface area contributed by atoms with E-state index in [4.69, 9.17) is 35.8 Å². The smallest absolute Gasteiger partial charge is 0.394 e. The monoisotopic (exact) mass is 632 g/mol. The van der Waals surface area contributed by atoms with Gasteiger partial charge in [0.1, 0.15) is 48.2 Å². The minimum Gasteiger partial charge on any atom is -0.394 e. The Hall–Kier alpha value is -3.54. The van der Waals surface area contributed by atoms with Crippen LogP contribution in [0.15, 0.2) is 12.7 Å². The van der Waals surface area contributed by atoms with Crippen molar-refractivity contribution in [2.75, 3.05) is 24.7 Å². The fraction of sp³-hybridized carbons (Fsp3) is 0.500. The molecule has 0 bridgehead atoms. The molecule has 4 aromatic heterocycles. The van der Waals surface area contributed by atoms with Gasteiger partial charge in [-0.2, -0.15) is 14.4 Å². The van der Waals surface area contributed by atoms with Crippen molar-refractivity contribution in [2.45, 2.75) is 49.0 Å². The number of anilines is 2. The summed E-state index contributed by atoms with van der Waals surface area (Å²) >= 11 is 0. The lowest BCUT2D eigenvalue weighted by molar-refractivity contribution is -0.0504. The third-order valence-electron chi connectivity index (χ3n) is 6.57. The lowest BCUT2D eigenvalue weighted by atomic mass is 10.1. The molecule has 0 spiro atoms. The Kier molecular flexibility index (Phi) is 8.52. The number of nitrogens with two attached hydrogens (primary N) is 2. The molecule has 0 amide bonds. The van der Waals surface area contributed by atoms with Crippen LogP contribution >= 0.6 is 7.82 Å². The first kappa shape index (κ1) is 30.9. The number of halogens is 1. The number of nitrogens with one attached hydrogen (secondary N) is 1. The predicted octanol–water partition coefficient (Wildman–Crippen LogP) is -3.63. The van der Waals surface area contributed by atoms with Gasteiger partial charge in [0.25, 0.3) is 0 Å². The molecule has 12 N–H and O–H groups in total. The highest BCUT2D eigenvalue weighted by atomic mass is 31.2. The fourth-order valence-electron chi connectivity index (χ4n) is 4.48. The van der Waals surface area contributed by atoms with E-state index >= 15 is 0 Å². The van der Waals surface area contributed by atoms with Gasteiger partial charge in [-0.25, -0.2) is 24.5 Å². The van der Waals surface area contributed by atoms with Gasteiger partial charge < -0.3 is 61.2 Å². The predicted molar refractivity (Wildman–Crippen MR) is 136 cm³/mol. The topological polar surface area (TPSA) is 336 Å². The second-order valence-electron chi connectivity index (χ2n) is 9.36. The average Bonchev–Trinajstić information content (AvgIpc) is 3.71. The van der Waals surface area contributed by atoms with Crippen LogP contribution < -0.4 is 11.5 Å². The van der Waals surface area contributed by atoms with Gasteiger partial charge in [-0.3, -0.25) is 9.09 Å². The molecule has 6 heterocycles. The summed E-state index contributed by atoms with van der Waals surface area (Å²) in [6.07, 6.45) is -8.29. The van der Waals surface area contributed by atoms with Crippen molar-refractivity contribution in [3.05, 3.63) is 24.6 Å². The molecule has 21 nitrogen and oxygen atoms in total. The Morgan fingerprint density at radius 1 is 0.977 bits per heavy atom. The third-order valence-corrected chi connectivity index (χ3v) is 7.05. The SMILES string of the molecule is Nc1nc(C2O[C@H](CO)[C@@H](O)[C@@H]2O)nc2nc[nH]c12.Nc1nc(F)nc2c1ncn2[C@@H]1O[C@H](COP(=O)(O)O)[C@@H](O)[C@@H]1O. The number of fused-ring (bicyclic) bond motifs is 2. The number of aliphatic hydroxyl groups is 5. The number of aromatic nitrogens is 8. The number of ether oxygens (including phenoxy) is 2. The lowest BCUT2D eigenvalue weighted by Crippen LogP contribution is -2.33. The zero-order valence-corrected chi connectivity index (χ0v) is 22.5. The van der Waals surface area contributed by atoms with E-state index < -0.39 is 76.1 Å². The van der Waals surface area contributed by atoms with Crippen molar-refractivity contribution in [2.24, 2.45) is 0 Å². The molecule has 0 radical (unpaired) electrons. The largest absolute Gasteiger partial charge is 0.469 e. The second kappa shape index (κ2) is 11.9. The number of imidazole rings is 2.